The molecule has 0 aromatic rings. The van der Waals surface area contributed by atoms with Crippen LogP contribution in [0.15, 0.2) is 0 Å². The fourth-order valence-electron chi connectivity index (χ4n) is 1.65. The average Bonchev–Trinajstić information content (AvgIpc) is 2.14. The van der Waals surface area contributed by atoms with Crippen molar-refractivity contribution in [3.63, 3.8) is 0 Å². The van der Waals surface area contributed by atoms with Crippen LogP contribution in [0, 0.1) is 0 Å². The summed E-state index contributed by atoms with van der Waals surface area (Å²) in [5.41, 5.74) is 0.798. The summed E-state index contributed by atoms with van der Waals surface area (Å²) in [6.07, 6.45) is 2.43. The van der Waals surface area contributed by atoms with Gasteiger partial charge in [-0.1, -0.05) is 46.8 Å². The van der Waals surface area contributed by atoms with E-state index in [9.17, 15) is 0 Å². The van der Waals surface area contributed by atoms with Crippen LogP contribution >= 0.6 is 0 Å². The second kappa shape index (κ2) is 5.64. The molecule has 0 spiro atoms. The van der Waals surface area contributed by atoms with Crippen molar-refractivity contribution >= 4 is 17.1 Å². The lowest BCUT2D eigenvalue weighted by Gasteiger charge is -2.43. The van der Waals surface area contributed by atoms with Gasteiger partial charge in [0.2, 0.25) is 0 Å². The lowest BCUT2D eigenvalue weighted by molar-refractivity contribution is 0.155. The van der Waals surface area contributed by atoms with Gasteiger partial charge in [-0.25, -0.2) is 0 Å². The lowest BCUT2D eigenvalue weighted by atomic mass is 10.3. The molecule has 0 N–H and O–H groups in total. The van der Waals surface area contributed by atoms with Gasteiger partial charge in [0.05, 0.1) is 8.07 Å². The Bertz CT molecular complexity index is 189. The quantitative estimate of drug-likeness (QED) is 0.638. The Labute approximate surface area is 99.3 Å². The Balaban J connectivity index is 4.58. The maximum Gasteiger partial charge on any atom is 0.177 e. The Morgan fingerprint density at radius 3 is 2.00 bits per heavy atom. The van der Waals surface area contributed by atoms with E-state index in [4.69, 9.17) is 4.43 Å². The van der Waals surface area contributed by atoms with Gasteiger partial charge in [0, 0.05) is 5.22 Å². The molecule has 0 bridgehead atoms. The van der Waals surface area contributed by atoms with Crippen LogP contribution in [0.4, 0.5) is 0 Å². The third kappa shape index (κ3) is 4.04. The highest BCUT2D eigenvalue weighted by Gasteiger charge is 2.40. The van der Waals surface area contributed by atoms with Crippen LogP contribution in [-0.2, 0) is 4.43 Å². The molecule has 0 aliphatic rings. The Morgan fingerprint density at radius 2 is 1.73 bits per heavy atom. The molecular formula is C12H30OSi2. The van der Waals surface area contributed by atoms with Crippen molar-refractivity contribution in [3.05, 3.63) is 0 Å². The van der Waals surface area contributed by atoms with Gasteiger partial charge in [-0.15, -0.1) is 0 Å². The third-order valence-corrected chi connectivity index (χ3v) is 11.0. The number of hydrogen-bond donors (Lipinski definition) is 0. The maximum atomic E-state index is 6.50. The van der Waals surface area contributed by atoms with Crippen molar-refractivity contribution in [2.24, 2.45) is 0 Å². The molecule has 92 valence electrons. The molecular weight excluding hydrogens is 216 g/mol. The topological polar surface area (TPSA) is 9.23 Å². The summed E-state index contributed by atoms with van der Waals surface area (Å²) in [5.74, 6) is 0. The molecule has 0 aliphatic carbocycles. The largest absolute Gasteiger partial charge is 0.418 e. The molecule has 0 heterocycles. The Kier molecular flexibility index (Phi) is 5.79. The molecule has 0 saturated carbocycles. The highest BCUT2D eigenvalue weighted by atomic mass is 28.3. The van der Waals surface area contributed by atoms with Crippen molar-refractivity contribution in [1.82, 2.24) is 0 Å². The van der Waals surface area contributed by atoms with E-state index in [0.29, 0.717) is 0 Å². The first kappa shape index (κ1) is 15.4. The molecule has 3 unspecified atom stereocenters. The first-order chi connectivity index (χ1) is 6.68. The molecule has 0 amide bonds. The zero-order valence-corrected chi connectivity index (χ0v) is 14.1. The fourth-order valence-corrected chi connectivity index (χ4v) is 6.56. The number of rotatable bonds is 6. The van der Waals surface area contributed by atoms with Gasteiger partial charge in [-0.05, 0) is 25.4 Å². The van der Waals surface area contributed by atoms with Crippen molar-refractivity contribution < 1.29 is 4.43 Å². The summed E-state index contributed by atoms with van der Waals surface area (Å²) in [6, 6.07) is 0. The smallest absolute Gasteiger partial charge is 0.177 e. The standard InChI is InChI=1S/C12H30OSi2/c1-9-11(3)14(5)13-12(4,10-2)15(6,7)8/h11,14H,9-10H2,1-8H3. The highest BCUT2D eigenvalue weighted by Crippen LogP contribution is 2.31. The predicted octanol–water partition coefficient (Wildman–Crippen LogP) is 4.20. The Hall–Kier alpha value is 0.394. The van der Waals surface area contributed by atoms with Crippen LogP contribution in [0.2, 0.25) is 31.7 Å². The van der Waals surface area contributed by atoms with Crippen LogP contribution in [0.5, 0.6) is 0 Å². The maximum absolute atomic E-state index is 6.50. The molecule has 3 heteroatoms. The van der Waals surface area contributed by atoms with Gasteiger partial charge in [0.25, 0.3) is 0 Å². The molecule has 15 heavy (non-hydrogen) atoms. The van der Waals surface area contributed by atoms with E-state index in [2.05, 4.69) is 53.9 Å². The molecule has 0 fully saturated rings. The van der Waals surface area contributed by atoms with Crippen LogP contribution in [0.1, 0.15) is 40.5 Å². The second-order valence-electron chi connectivity index (χ2n) is 6.04. The van der Waals surface area contributed by atoms with Gasteiger partial charge in [0.15, 0.2) is 9.04 Å². The third-order valence-electron chi connectivity index (χ3n) is 4.15. The summed E-state index contributed by atoms with van der Waals surface area (Å²) >= 11 is 0. The molecule has 1 nitrogen and oxygen atoms in total. The zero-order chi connectivity index (χ0) is 12.3. The minimum absolute atomic E-state index is 0.183. The summed E-state index contributed by atoms with van der Waals surface area (Å²) in [6.45, 7) is 18.9. The van der Waals surface area contributed by atoms with E-state index in [0.717, 1.165) is 12.0 Å². The lowest BCUT2D eigenvalue weighted by Crippen LogP contribution is -2.54. The average molecular weight is 247 g/mol. The molecule has 0 saturated heterocycles. The molecule has 3 atom stereocenters. The minimum atomic E-state index is -1.22. The van der Waals surface area contributed by atoms with Crippen molar-refractivity contribution in [1.29, 1.82) is 0 Å². The van der Waals surface area contributed by atoms with Gasteiger partial charge < -0.3 is 4.43 Å². The van der Waals surface area contributed by atoms with Crippen LogP contribution in [0.3, 0.4) is 0 Å². The molecule has 0 radical (unpaired) electrons. The first-order valence-corrected chi connectivity index (χ1v) is 12.1. The monoisotopic (exact) mass is 246 g/mol. The van der Waals surface area contributed by atoms with Gasteiger partial charge >= 0.3 is 0 Å². The van der Waals surface area contributed by atoms with Crippen molar-refractivity contribution in [3.8, 4) is 0 Å². The fraction of sp³-hybridized carbons (Fsp3) is 1.00. The minimum Gasteiger partial charge on any atom is -0.418 e. The zero-order valence-electron chi connectivity index (χ0n) is 12.0. The summed E-state index contributed by atoms with van der Waals surface area (Å²) < 4.78 is 6.50. The first-order valence-electron chi connectivity index (χ1n) is 6.35. The highest BCUT2D eigenvalue weighted by molar-refractivity contribution is 6.79. The molecule has 0 aliphatic heterocycles. The second-order valence-corrected chi connectivity index (χ2v) is 14.4. The molecule has 0 aromatic heterocycles. The van der Waals surface area contributed by atoms with E-state index in [1.165, 1.54) is 6.42 Å². The van der Waals surface area contributed by atoms with Gasteiger partial charge in [-0.3, -0.25) is 0 Å². The van der Waals surface area contributed by atoms with Gasteiger partial charge in [-0.2, -0.15) is 0 Å². The summed E-state index contributed by atoms with van der Waals surface area (Å²) in [4.78, 5) is 0. The van der Waals surface area contributed by atoms with E-state index in [1.807, 2.05) is 0 Å². The summed E-state index contributed by atoms with van der Waals surface area (Å²) in [7, 11) is -2.22. The van der Waals surface area contributed by atoms with Crippen molar-refractivity contribution in [2.75, 3.05) is 0 Å². The number of hydrogen-bond acceptors (Lipinski definition) is 1. The van der Waals surface area contributed by atoms with Gasteiger partial charge in [0.1, 0.15) is 0 Å². The molecule has 0 rings (SSSR count). The Morgan fingerprint density at radius 1 is 1.27 bits per heavy atom. The SMILES string of the molecule is CCC(C)[SiH](C)OC(C)(CC)[Si](C)(C)C. The van der Waals surface area contributed by atoms with E-state index in [1.54, 1.807) is 0 Å². The van der Waals surface area contributed by atoms with E-state index < -0.39 is 17.1 Å². The predicted molar refractivity (Wildman–Crippen MR) is 75.9 cm³/mol. The molecule has 0 aromatic carbocycles. The summed E-state index contributed by atoms with van der Waals surface area (Å²) in [5, 5.41) is 0.183. The van der Waals surface area contributed by atoms with E-state index in [-0.39, 0.29) is 5.22 Å². The van der Waals surface area contributed by atoms with Crippen molar-refractivity contribution in [2.45, 2.75) is 77.5 Å². The van der Waals surface area contributed by atoms with E-state index >= 15 is 0 Å². The van der Waals surface area contributed by atoms with Crippen LogP contribution < -0.4 is 0 Å². The van der Waals surface area contributed by atoms with Crippen LogP contribution in [-0.4, -0.2) is 22.3 Å². The normalized spacial score (nSPS) is 20.8. The van der Waals surface area contributed by atoms with Crippen LogP contribution in [0.25, 0.3) is 0 Å².